The Morgan fingerprint density at radius 2 is 1.86 bits per heavy atom. The number of primary sulfonamides is 1. The Morgan fingerprint density at radius 1 is 1.03 bits per heavy atom. The quantitative estimate of drug-likeness (QED) is 0.422. The molecule has 2 aromatic carbocycles. The van der Waals surface area contributed by atoms with Crippen LogP contribution in [0.5, 0.6) is 5.75 Å². The van der Waals surface area contributed by atoms with Crippen LogP contribution < -0.4 is 20.1 Å². The van der Waals surface area contributed by atoms with E-state index in [1.165, 1.54) is 12.1 Å². The number of nitrogens with zero attached hydrogens (tertiary/aromatic N) is 4. The highest BCUT2D eigenvalue weighted by Gasteiger charge is 2.26. The minimum Gasteiger partial charge on any atom is -0.482 e. The third-order valence-electron chi connectivity index (χ3n) is 5.36. The van der Waals surface area contributed by atoms with Crippen LogP contribution in [-0.4, -0.2) is 35.9 Å². The van der Waals surface area contributed by atoms with Crippen molar-refractivity contribution < 1.29 is 17.9 Å². The number of carbonyl (C=O) groups excluding carboxylic acids is 1. The molecule has 4 aromatic rings. The van der Waals surface area contributed by atoms with E-state index in [4.69, 9.17) is 9.88 Å². The summed E-state index contributed by atoms with van der Waals surface area (Å²) in [6.45, 7) is 0.356. The van der Waals surface area contributed by atoms with Crippen LogP contribution in [0.2, 0.25) is 0 Å². The number of nitrogens with two attached hydrogens (primary N) is 1. The van der Waals surface area contributed by atoms with Crippen LogP contribution in [0.1, 0.15) is 5.56 Å². The van der Waals surface area contributed by atoms with Crippen LogP contribution in [0.4, 0.5) is 17.3 Å². The summed E-state index contributed by atoms with van der Waals surface area (Å²) >= 11 is 0. The van der Waals surface area contributed by atoms with Crippen molar-refractivity contribution in [3.63, 3.8) is 0 Å². The minimum atomic E-state index is -3.84. The number of fused-ring (bicyclic) bond motifs is 1. The fourth-order valence-corrected chi connectivity index (χ4v) is 4.22. The highest BCUT2D eigenvalue weighted by Crippen LogP contribution is 2.36. The lowest BCUT2D eigenvalue weighted by molar-refractivity contribution is -0.121. The van der Waals surface area contributed by atoms with Gasteiger partial charge in [-0.2, -0.15) is 0 Å². The number of hydrogen-bond acceptors (Lipinski definition) is 8. The highest BCUT2D eigenvalue weighted by molar-refractivity contribution is 7.89. The smallest absolute Gasteiger partial charge is 0.265 e. The van der Waals surface area contributed by atoms with E-state index in [2.05, 4.69) is 20.3 Å². The minimum absolute atomic E-state index is 0.0210. The number of rotatable bonds is 6. The second-order valence-corrected chi connectivity index (χ2v) is 9.33. The molecule has 2 aromatic heterocycles. The summed E-state index contributed by atoms with van der Waals surface area (Å²) in [7, 11) is -3.84. The molecule has 0 saturated carbocycles. The number of carbonyl (C=O) groups is 1. The lowest BCUT2D eigenvalue weighted by Gasteiger charge is -2.30. The number of hydrogen-bond donors (Lipinski definition) is 2. The van der Waals surface area contributed by atoms with Gasteiger partial charge in [0.2, 0.25) is 16.0 Å². The van der Waals surface area contributed by atoms with Crippen molar-refractivity contribution in [1.29, 1.82) is 0 Å². The van der Waals surface area contributed by atoms with Crippen molar-refractivity contribution >= 4 is 33.3 Å². The van der Waals surface area contributed by atoms with E-state index >= 15 is 0 Å². The zero-order chi connectivity index (χ0) is 24.4. The zero-order valence-corrected chi connectivity index (χ0v) is 19.1. The Balaban J connectivity index is 1.45. The van der Waals surface area contributed by atoms with E-state index in [1.54, 1.807) is 47.8 Å². The molecular formula is C24H20N6O4S. The Kier molecular flexibility index (Phi) is 5.85. The van der Waals surface area contributed by atoms with Gasteiger partial charge in [0.25, 0.3) is 5.91 Å². The molecule has 0 radical (unpaired) electrons. The van der Waals surface area contributed by atoms with E-state index in [1.807, 2.05) is 24.3 Å². The van der Waals surface area contributed by atoms with Gasteiger partial charge in [0.05, 0.1) is 22.8 Å². The molecule has 35 heavy (non-hydrogen) atoms. The number of nitrogens with one attached hydrogen (secondary N) is 1. The second kappa shape index (κ2) is 9.12. The summed E-state index contributed by atoms with van der Waals surface area (Å²) in [5.74, 6) is 0.730. The van der Waals surface area contributed by atoms with Crippen molar-refractivity contribution in [1.82, 2.24) is 15.0 Å². The molecule has 1 aliphatic heterocycles. The number of sulfonamides is 1. The molecule has 11 heteroatoms. The SMILES string of the molecule is NS(=O)(=O)c1cccc(Nc2nccc(-c3ccc4c(c3)N(Cc3ccncc3)C(=O)CO4)n2)c1. The number of aromatic nitrogens is 3. The van der Waals surface area contributed by atoms with E-state index < -0.39 is 10.0 Å². The van der Waals surface area contributed by atoms with Crippen molar-refractivity contribution in [2.45, 2.75) is 11.4 Å². The predicted octanol–water partition coefficient (Wildman–Crippen LogP) is 2.86. The van der Waals surface area contributed by atoms with E-state index in [0.29, 0.717) is 29.4 Å². The molecule has 3 N–H and O–H groups in total. The van der Waals surface area contributed by atoms with Crippen LogP contribution in [0.3, 0.4) is 0 Å². The summed E-state index contributed by atoms with van der Waals surface area (Å²) in [5.41, 5.74) is 3.42. The highest BCUT2D eigenvalue weighted by atomic mass is 32.2. The number of amides is 1. The third kappa shape index (κ3) is 4.95. The molecule has 3 heterocycles. The Morgan fingerprint density at radius 3 is 2.66 bits per heavy atom. The standard InChI is InChI=1S/C24H20N6O4S/c25-35(32,33)19-3-1-2-18(13-19)28-24-27-11-8-20(29-24)17-4-5-22-21(12-17)30(23(31)15-34-22)14-16-6-9-26-10-7-16/h1-13H,14-15H2,(H2,25,32,33)(H,27,28,29). The van der Waals surface area contributed by atoms with Gasteiger partial charge >= 0.3 is 0 Å². The maximum Gasteiger partial charge on any atom is 0.265 e. The van der Waals surface area contributed by atoms with Gasteiger partial charge in [-0.25, -0.2) is 23.5 Å². The molecule has 0 saturated heterocycles. The lowest BCUT2D eigenvalue weighted by atomic mass is 10.1. The van der Waals surface area contributed by atoms with E-state index in [-0.39, 0.29) is 23.4 Å². The van der Waals surface area contributed by atoms with Gasteiger partial charge in [0.1, 0.15) is 5.75 Å². The number of ether oxygens (including phenoxy) is 1. The van der Waals surface area contributed by atoms with Crippen LogP contribution >= 0.6 is 0 Å². The van der Waals surface area contributed by atoms with Gasteiger partial charge in [-0.1, -0.05) is 6.07 Å². The predicted molar refractivity (Wildman–Crippen MR) is 129 cm³/mol. The largest absolute Gasteiger partial charge is 0.482 e. The lowest BCUT2D eigenvalue weighted by Crippen LogP contribution is -2.38. The summed E-state index contributed by atoms with van der Waals surface area (Å²) < 4.78 is 28.9. The first-order valence-electron chi connectivity index (χ1n) is 10.6. The van der Waals surface area contributed by atoms with Crippen molar-refractivity contribution in [2.75, 3.05) is 16.8 Å². The Bertz CT molecular complexity index is 1510. The first kappa shape index (κ1) is 22.4. The van der Waals surface area contributed by atoms with Crippen molar-refractivity contribution in [3.8, 4) is 17.0 Å². The van der Waals surface area contributed by atoms with Crippen molar-refractivity contribution in [3.05, 3.63) is 84.8 Å². The van der Waals surface area contributed by atoms with Gasteiger partial charge in [-0.3, -0.25) is 9.78 Å². The van der Waals surface area contributed by atoms with E-state index in [9.17, 15) is 13.2 Å². The van der Waals surface area contributed by atoms with Gasteiger partial charge < -0.3 is 15.0 Å². The fourth-order valence-electron chi connectivity index (χ4n) is 3.67. The number of pyridine rings is 1. The molecule has 0 aliphatic carbocycles. The molecule has 0 atom stereocenters. The summed E-state index contributed by atoms with van der Waals surface area (Å²) in [6, 6.07) is 17.0. The fraction of sp³-hybridized carbons (Fsp3) is 0.0833. The summed E-state index contributed by atoms with van der Waals surface area (Å²) in [5, 5.41) is 8.22. The van der Waals surface area contributed by atoms with Crippen LogP contribution in [-0.2, 0) is 21.4 Å². The third-order valence-corrected chi connectivity index (χ3v) is 6.27. The molecule has 0 fully saturated rings. The van der Waals surface area contributed by atoms with Gasteiger partial charge in [0, 0.05) is 29.8 Å². The summed E-state index contributed by atoms with van der Waals surface area (Å²) in [4.78, 5) is 27.1. The topological polar surface area (TPSA) is 140 Å². The maximum absolute atomic E-state index is 12.7. The van der Waals surface area contributed by atoms with Gasteiger partial charge in [-0.05, 0) is 60.2 Å². The molecule has 1 aliphatic rings. The average molecular weight is 489 g/mol. The number of benzene rings is 2. The van der Waals surface area contributed by atoms with Crippen molar-refractivity contribution in [2.24, 2.45) is 5.14 Å². The van der Waals surface area contributed by atoms with Crippen LogP contribution in [0, 0.1) is 0 Å². The number of anilines is 3. The molecule has 1 amide bonds. The molecule has 0 spiro atoms. The second-order valence-electron chi connectivity index (χ2n) is 7.77. The summed E-state index contributed by atoms with van der Waals surface area (Å²) in [6.07, 6.45) is 4.96. The van der Waals surface area contributed by atoms with E-state index in [0.717, 1.165) is 11.1 Å². The normalized spacial score (nSPS) is 13.2. The first-order valence-corrected chi connectivity index (χ1v) is 12.1. The average Bonchev–Trinajstić information content (AvgIpc) is 2.86. The Labute approximate surface area is 201 Å². The van der Waals surface area contributed by atoms with Gasteiger partial charge in [-0.15, -0.1) is 0 Å². The molecule has 5 rings (SSSR count). The monoisotopic (exact) mass is 488 g/mol. The molecule has 176 valence electrons. The molecule has 0 unspecified atom stereocenters. The van der Waals surface area contributed by atoms with Crippen LogP contribution in [0.15, 0.2) is 84.1 Å². The zero-order valence-electron chi connectivity index (χ0n) is 18.3. The molecular weight excluding hydrogens is 468 g/mol. The molecule has 0 bridgehead atoms. The first-order chi connectivity index (χ1) is 16.9. The molecule has 10 nitrogen and oxygen atoms in total. The van der Waals surface area contributed by atoms with Crippen LogP contribution in [0.25, 0.3) is 11.3 Å². The Hall–Kier alpha value is -4.35. The van der Waals surface area contributed by atoms with Gasteiger partial charge in [0.15, 0.2) is 6.61 Å². The maximum atomic E-state index is 12.7.